The second-order valence-electron chi connectivity index (χ2n) is 11.8. The number of hydrogen-bond donors (Lipinski definition) is 2. The molecule has 276 valence electrons. The van der Waals surface area contributed by atoms with Crippen LogP contribution in [-0.4, -0.2) is 128 Å². The molecule has 0 saturated carbocycles. The third-order valence-corrected chi connectivity index (χ3v) is 9.52. The van der Waals surface area contributed by atoms with Crippen LogP contribution in [0.1, 0.15) is 0 Å². The number of rotatable bonds is 8. The Morgan fingerprint density at radius 3 is 1.64 bits per heavy atom. The number of halogens is 3. The first-order valence-corrected chi connectivity index (χ1v) is 19.1. The molecule has 2 aromatic carbocycles. The Bertz CT molecular complexity index is 2050. The van der Waals surface area contributed by atoms with Crippen molar-refractivity contribution in [3.8, 4) is 22.8 Å². The summed E-state index contributed by atoms with van der Waals surface area (Å²) >= 11 is 12.9. The third kappa shape index (κ3) is 11.3. The minimum absolute atomic E-state index is 0.311. The fourth-order valence-corrected chi connectivity index (χ4v) is 6.18. The Kier molecular flexibility index (Phi) is 14.7. The van der Waals surface area contributed by atoms with Crippen molar-refractivity contribution >= 4 is 71.6 Å². The Labute approximate surface area is 329 Å². The molecule has 2 aliphatic heterocycles. The molecule has 53 heavy (non-hydrogen) atoms. The number of fused-ring (bicyclic) bond motifs is 2. The molecule has 14 nitrogen and oxygen atoms in total. The predicted molar refractivity (Wildman–Crippen MR) is 214 cm³/mol. The summed E-state index contributed by atoms with van der Waals surface area (Å²) in [5, 5.41) is 3.72. The molecule has 8 rings (SSSR count). The van der Waals surface area contributed by atoms with E-state index in [2.05, 4.69) is 81.9 Å². The third-order valence-electron chi connectivity index (χ3n) is 8.20. The molecule has 17 heteroatoms. The first-order valence-electron chi connectivity index (χ1n) is 17.2. The number of nitrogens with two attached hydrogens (primary N) is 1. The Hall–Kier alpha value is -3.87. The topological polar surface area (TPSA) is 166 Å². The SMILES string of the molecule is Brc1ccc(-c2nc(NCCN3CCOCC3)c3nccnc3n2)cc1.Clc1nc(-c2ccc(Br)cc2)nc2nccnc12.NCCN1CCOCC1. The van der Waals surface area contributed by atoms with Crippen LogP contribution in [0.4, 0.5) is 5.82 Å². The summed E-state index contributed by atoms with van der Waals surface area (Å²) in [4.78, 5) is 39.6. The van der Waals surface area contributed by atoms with Crippen molar-refractivity contribution < 1.29 is 9.47 Å². The number of anilines is 1. The molecule has 0 amide bonds. The Morgan fingerprint density at radius 1 is 0.623 bits per heavy atom. The summed E-state index contributed by atoms with van der Waals surface area (Å²) in [6.45, 7) is 10.9. The van der Waals surface area contributed by atoms with Gasteiger partial charge < -0.3 is 20.5 Å². The summed E-state index contributed by atoms with van der Waals surface area (Å²) in [6.07, 6.45) is 6.46. The monoisotopic (exact) mass is 864 g/mol. The van der Waals surface area contributed by atoms with Gasteiger partial charge in [0.1, 0.15) is 11.0 Å². The van der Waals surface area contributed by atoms with E-state index >= 15 is 0 Å². The van der Waals surface area contributed by atoms with Gasteiger partial charge >= 0.3 is 0 Å². The van der Waals surface area contributed by atoms with E-state index in [1.165, 1.54) is 0 Å². The van der Waals surface area contributed by atoms with Crippen LogP contribution >= 0.6 is 43.5 Å². The predicted octanol–water partition coefficient (Wildman–Crippen LogP) is 5.37. The lowest BCUT2D eigenvalue weighted by Gasteiger charge is -2.26. The highest BCUT2D eigenvalue weighted by Gasteiger charge is 2.14. The molecule has 0 atom stereocenters. The van der Waals surface area contributed by atoms with Gasteiger partial charge in [-0.2, -0.15) is 0 Å². The lowest BCUT2D eigenvalue weighted by molar-refractivity contribution is 0.0394. The maximum atomic E-state index is 6.08. The van der Waals surface area contributed by atoms with Crippen LogP contribution in [0.2, 0.25) is 5.15 Å². The van der Waals surface area contributed by atoms with E-state index in [4.69, 9.17) is 31.8 Å². The van der Waals surface area contributed by atoms with Gasteiger partial charge in [-0.25, -0.2) is 39.9 Å². The van der Waals surface area contributed by atoms with Gasteiger partial charge in [0.25, 0.3) is 0 Å². The highest BCUT2D eigenvalue weighted by Crippen LogP contribution is 2.25. The van der Waals surface area contributed by atoms with Crippen LogP contribution in [-0.2, 0) is 9.47 Å². The number of benzene rings is 2. The summed E-state index contributed by atoms with van der Waals surface area (Å²) in [7, 11) is 0. The minimum Gasteiger partial charge on any atom is -0.379 e. The zero-order chi connectivity index (χ0) is 36.8. The van der Waals surface area contributed by atoms with Crippen molar-refractivity contribution in [1.82, 2.24) is 49.7 Å². The maximum absolute atomic E-state index is 6.08. The first kappa shape index (κ1) is 38.8. The average molecular weight is 867 g/mol. The molecular weight excluding hydrogens is 828 g/mol. The van der Waals surface area contributed by atoms with E-state index in [0.717, 1.165) is 98.9 Å². The molecule has 0 radical (unpaired) electrons. The molecule has 2 saturated heterocycles. The van der Waals surface area contributed by atoms with Gasteiger partial charge in [-0.05, 0) is 24.3 Å². The Balaban J connectivity index is 0.000000153. The Morgan fingerprint density at radius 2 is 1.09 bits per heavy atom. The van der Waals surface area contributed by atoms with Crippen molar-refractivity contribution in [1.29, 1.82) is 0 Å². The molecule has 0 spiro atoms. The lowest BCUT2D eigenvalue weighted by atomic mass is 10.2. The smallest absolute Gasteiger partial charge is 0.184 e. The van der Waals surface area contributed by atoms with Gasteiger partial charge in [-0.3, -0.25) is 9.80 Å². The highest BCUT2D eigenvalue weighted by molar-refractivity contribution is 9.10. The van der Waals surface area contributed by atoms with E-state index in [-0.39, 0.29) is 0 Å². The lowest BCUT2D eigenvalue weighted by Crippen LogP contribution is -2.39. The van der Waals surface area contributed by atoms with Gasteiger partial charge in [-0.1, -0.05) is 67.7 Å². The normalized spacial score (nSPS) is 14.9. The van der Waals surface area contributed by atoms with Crippen LogP contribution in [0.25, 0.3) is 45.1 Å². The molecule has 4 aromatic heterocycles. The zero-order valence-corrected chi connectivity index (χ0v) is 32.8. The van der Waals surface area contributed by atoms with Crippen LogP contribution in [0.15, 0.2) is 82.3 Å². The van der Waals surface area contributed by atoms with Crippen molar-refractivity contribution in [2.24, 2.45) is 5.73 Å². The zero-order valence-electron chi connectivity index (χ0n) is 28.9. The van der Waals surface area contributed by atoms with Gasteiger partial charge in [0.05, 0.1) is 26.4 Å². The largest absolute Gasteiger partial charge is 0.379 e. The second kappa shape index (κ2) is 20.0. The van der Waals surface area contributed by atoms with E-state index < -0.39 is 0 Å². The summed E-state index contributed by atoms with van der Waals surface area (Å²) in [5.41, 5.74) is 9.49. The minimum atomic E-state index is 0.311. The molecule has 6 heterocycles. The van der Waals surface area contributed by atoms with Gasteiger partial charge in [0.2, 0.25) is 0 Å². The first-order chi connectivity index (χ1) is 26.0. The van der Waals surface area contributed by atoms with Gasteiger partial charge in [-0.15, -0.1) is 0 Å². The van der Waals surface area contributed by atoms with Gasteiger partial charge in [0, 0.05) is 97.2 Å². The average Bonchev–Trinajstić information content (AvgIpc) is 3.20. The number of nitrogens with one attached hydrogen (secondary N) is 1. The van der Waals surface area contributed by atoms with E-state index in [1.54, 1.807) is 24.8 Å². The van der Waals surface area contributed by atoms with Crippen molar-refractivity contribution in [3.63, 3.8) is 0 Å². The quantitative estimate of drug-likeness (QED) is 0.188. The number of aromatic nitrogens is 8. The molecule has 2 aliphatic rings. The molecule has 2 fully saturated rings. The highest BCUT2D eigenvalue weighted by atomic mass is 79.9. The van der Waals surface area contributed by atoms with Crippen molar-refractivity contribution in [2.75, 3.05) is 84.1 Å². The van der Waals surface area contributed by atoms with Crippen molar-refractivity contribution in [3.05, 3.63) is 87.4 Å². The second-order valence-corrected chi connectivity index (χ2v) is 14.0. The van der Waals surface area contributed by atoms with E-state index in [1.807, 2.05) is 48.5 Å². The number of ether oxygens (including phenoxy) is 2. The van der Waals surface area contributed by atoms with E-state index in [0.29, 0.717) is 44.9 Å². The molecule has 6 aromatic rings. The number of hydrogen-bond acceptors (Lipinski definition) is 14. The van der Waals surface area contributed by atoms with Crippen molar-refractivity contribution in [2.45, 2.75) is 0 Å². The molecule has 0 bridgehead atoms. The number of morpholine rings is 2. The number of nitrogens with zero attached hydrogens (tertiary/aromatic N) is 10. The standard InChI is InChI=1S/C18H19BrN6O.C12H6BrClN4.C6H14N2O/c19-14-3-1-13(2-4-14)16-23-17-15(20-5-6-21-17)18(24-16)22-7-8-25-9-11-26-12-10-25;13-8-3-1-7(2-4-8)11-17-10(14)9-12(18-11)16-6-5-15-9;7-1-2-8-3-5-9-6-4-8/h1-6H,7-12H2,(H,21,22,23,24);1-6H;1-7H2. The van der Waals surface area contributed by atoms with Crippen LogP contribution in [0, 0.1) is 0 Å². The van der Waals surface area contributed by atoms with Crippen LogP contribution in [0.5, 0.6) is 0 Å². The summed E-state index contributed by atoms with van der Waals surface area (Å²) < 4.78 is 12.6. The maximum Gasteiger partial charge on any atom is 0.184 e. The fourth-order valence-electron chi connectivity index (χ4n) is 5.44. The van der Waals surface area contributed by atoms with Crippen LogP contribution in [0.3, 0.4) is 0 Å². The summed E-state index contributed by atoms with van der Waals surface area (Å²) in [6, 6.07) is 15.6. The molecule has 0 aliphatic carbocycles. The molecule has 3 N–H and O–H groups in total. The fraction of sp³-hybridized carbons (Fsp3) is 0.333. The van der Waals surface area contributed by atoms with Gasteiger partial charge in [0.15, 0.2) is 33.9 Å². The molecule has 0 unspecified atom stereocenters. The summed E-state index contributed by atoms with van der Waals surface area (Å²) in [5.74, 6) is 1.90. The van der Waals surface area contributed by atoms with E-state index in [9.17, 15) is 0 Å². The van der Waals surface area contributed by atoms with Crippen LogP contribution < -0.4 is 11.1 Å². The molecular formula is C36H39Br2ClN12O2.